The van der Waals surface area contributed by atoms with Crippen molar-refractivity contribution in [3.8, 4) is 6.07 Å². The van der Waals surface area contributed by atoms with Crippen LogP contribution in [0.2, 0.25) is 10.0 Å². The highest BCUT2D eigenvalue weighted by Gasteiger charge is 2.13. The van der Waals surface area contributed by atoms with E-state index in [1.807, 2.05) is 25.1 Å². The number of nitrogens with zero attached hydrogens (tertiary/aromatic N) is 2. The van der Waals surface area contributed by atoms with E-state index in [-0.39, 0.29) is 10.6 Å². The normalized spacial score (nSPS) is 10.9. The Labute approximate surface area is 175 Å². The predicted molar refractivity (Wildman–Crippen MR) is 117 cm³/mol. The first kappa shape index (κ1) is 21.6. The van der Waals surface area contributed by atoms with Gasteiger partial charge in [-0.15, -0.1) is 0 Å². The van der Waals surface area contributed by atoms with Crippen molar-refractivity contribution in [1.29, 1.82) is 5.26 Å². The number of amides is 1. The first-order valence-corrected chi connectivity index (χ1v) is 9.64. The molecule has 0 atom stereocenters. The topological polar surface area (TPSA) is 68.2 Å². The number of aryl methyl sites for hydroxylation is 1. The number of carbonyl (C=O) groups is 1. The van der Waals surface area contributed by atoms with Crippen molar-refractivity contribution in [2.45, 2.75) is 20.8 Å². The minimum atomic E-state index is -0.573. The number of carbonyl (C=O) groups excluding carboxylic acids is 1. The molecule has 0 radical (unpaired) electrons. The van der Waals surface area contributed by atoms with Crippen molar-refractivity contribution in [2.24, 2.45) is 0 Å². The van der Waals surface area contributed by atoms with Gasteiger partial charge in [-0.05, 0) is 56.7 Å². The van der Waals surface area contributed by atoms with Crippen LogP contribution < -0.4 is 15.5 Å². The van der Waals surface area contributed by atoms with E-state index in [1.165, 1.54) is 6.20 Å². The van der Waals surface area contributed by atoms with Gasteiger partial charge in [0, 0.05) is 30.7 Å². The molecule has 0 bridgehead atoms. The fourth-order valence-electron chi connectivity index (χ4n) is 2.68. The van der Waals surface area contributed by atoms with Crippen LogP contribution in [0.15, 0.2) is 48.2 Å². The Bertz CT molecular complexity index is 930. The zero-order valence-electron chi connectivity index (χ0n) is 16.0. The number of nitriles is 1. The second-order valence-corrected chi connectivity index (χ2v) is 6.83. The van der Waals surface area contributed by atoms with Gasteiger partial charge in [-0.2, -0.15) is 5.26 Å². The van der Waals surface area contributed by atoms with Crippen LogP contribution in [0.4, 0.5) is 17.1 Å². The molecule has 0 aliphatic heterocycles. The summed E-state index contributed by atoms with van der Waals surface area (Å²) in [6, 6.07) is 12.8. The van der Waals surface area contributed by atoms with Crippen molar-refractivity contribution in [2.75, 3.05) is 28.6 Å². The SMILES string of the molecule is CCN(CC)c1ccc(N/C=C(/C#N)C(=O)Nc2cccc(Cl)c2Cl)c(C)c1. The Hall–Kier alpha value is -2.68. The molecule has 0 spiro atoms. The number of rotatable bonds is 7. The van der Waals surface area contributed by atoms with Gasteiger partial charge in [0.05, 0.1) is 15.7 Å². The van der Waals surface area contributed by atoms with E-state index in [1.54, 1.807) is 18.2 Å². The fraction of sp³-hybridized carbons (Fsp3) is 0.238. The maximum atomic E-state index is 12.4. The first-order valence-electron chi connectivity index (χ1n) is 8.89. The van der Waals surface area contributed by atoms with Crippen LogP contribution in [0, 0.1) is 18.3 Å². The first-order chi connectivity index (χ1) is 13.4. The lowest BCUT2D eigenvalue weighted by Crippen LogP contribution is -2.21. The average molecular weight is 417 g/mol. The second kappa shape index (κ2) is 10.0. The van der Waals surface area contributed by atoms with Crippen molar-refractivity contribution < 1.29 is 4.79 Å². The van der Waals surface area contributed by atoms with Gasteiger partial charge in [0.1, 0.15) is 11.6 Å². The lowest BCUT2D eigenvalue weighted by atomic mass is 10.1. The van der Waals surface area contributed by atoms with E-state index in [2.05, 4.69) is 35.4 Å². The summed E-state index contributed by atoms with van der Waals surface area (Å²) in [5.41, 5.74) is 3.22. The maximum Gasteiger partial charge on any atom is 0.267 e. The molecule has 0 saturated heterocycles. The number of hydrogen-bond acceptors (Lipinski definition) is 4. The molecule has 0 aliphatic rings. The van der Waals surface area contributed by atoms with Crippen LogP contribution in [0.25, 0.3) is 0 Å². The summed E-state index contributed by atoms with van der Waals surface area (Å²) in [5.74, 6) is -0.573. The largest absolute Gasteiger partial charge is 0.372 e. The third-order valence-corrected chi connectivity index (χ3v) is 5.09. The van der Waals surface area contributed by atoms with Crippen molar-refractivity contribution in [1.82, 2.24) is 0 Å². The highest BCUT2D eigenvalue weighted by Crippen LogP contribution is 2.29. The summed E-state index contributed by atoms with van der Waals surface area (Å²) in [5, 5.41) is 15.5. The molecule has 0 fully saturated rings. The van der Waals surface area contributed by atoms with Gasteiger partial charge in [-0.3, -0.25) is 4.79 Å². The average Bonchev–Trinajstić information content (AvgIpc) is 2.68. The summed E-state index contributed by atoms with van der Waals surface area (Å²) < 4.78 is 0. The standard InChI is InChI=1S/C21H22Cl2N4O/c1-4-27(5-2)16-9-10-18(14(3)11-16)25-13-15(12-24)21(28)26-19-8-6-7-17(22)20(19)23/h6-11,13,25H,4-5H2,1-3H3,(H,26,28)/b15-13-. The number of hydrogen-bond donors (Lipinski definition) is 2. The van der Waals surface area contributed by atoms with Gasteiger partial charge in [0.2, 0.25) is 0 Å². The molecule has 2 N–H and O–H groups in total. The highest BCUT2D eigenvalue weighted by atomic mass is 35.5. The van der Waals surface area contributed by atoms with Crippen LogP contribution >= 0.6 is 23.2 Å². The van der Waals surface area contributed by atoms with Crippen LogP contribution in [-0.4, -0.2) is 19.0 Å². The molecule has 28 heavy (non-hydrogen) atoms. The smallest absolute Gasteiger partial charge is 0.267 e. The molecule has 0 saturated carbocycles. The Kier molecular flexibility index (Phi) is 7.74. The quantitative estimate of drug-likeness (QED) is 0.454. The fourth-order valence-corrected chi connectivity index (χ4v) is 3.03. The number of anilines is 3. The lowest BCUT2D eigenvalue weighted by Gasteiger charge is -2.22. The van der Waals surface area contributed by atoms with Gasteiger partial charge < -0.3 is 15.5 Å². The van der Waals surface area contributed by atoms with E-state index in [0.29, 0.717) is 10.7 Å². The lowest BCUT2D eigenvalue weighted by molar-refractivity contribution is -0.112. The second-order valence-electron chi connectivity index (χ2n) is 6.04. The Morgan fingerprint density at radius 3 is 2.50 bits per heavy atom. The molecule has 2 aromatic carbocycles. The Balaban J connectivity index is 2.16. The third kappa shape index (κ3) is 5.19. The number of halogens is 2. The van der Waals surface area contributed by atoms with E-state index in [0.717, 1.165) is 30.0 Å². The molecule has 2 rings (SSSR count). The monoisotopic (exact) mass is 416 g/mol. The van der Waals surface area contributed by atoms with E-state index in [9.17, 15) is 10.1 Å². The third-order valence-electron chi connectivity index (χ3n) is 4.28. The van der Waals surface area contributed by atoms with Crippen molar-refractivity contribution in [3.05, 3.63) is 63.8 Å². The number of nitrogens with one attached hydrogen (secondary N) is 2. The van der Waals surface area contributed by atoms with Crippen LogP contribution in [0.5, 0.6) is 0 Å². The van der Waals surface area contributed by atoms with Crippen LogP contribution in [0.1, 0.15) is 19.4 Å². The van der Waals surface area contributed by atoms with Gasteiger partial charge in [0.25, 0.3) is 5.91 Å². The van der Waals surface area contributed by atoms with E-state index >= 15 is 0 Å². The molecule has 7 heteroatoms. The van der Waals surface area contributed by atoms with Crippen molar-refractivity contribution in [3.63, 3.8) is 0 Å². The summed E-state index contributed by atoms with van der Waals surface area (Å²) in [4.78, 5) is 14.6. The molecule has 2 aromatic rings. The summed E-state index contributed by atoms with van der Waals surface area (Å²) >= 11 is 12.0. The molecular weight excluding hydrogens is 395 g/mol. The zero-order valence-corrected chi connectivity index (χ0v) is 17.5. The number of benzene rings is 2. The minimum absolute atomic E-state index is 0.0803. The molecule has 0 heterocycles. The molecule has 0 aromatic heterocycles. The molecular formula is C21H22Cl2N4O. The summed E-state index contributed by atoms with van der Waals surface area (Å²) in [7, 11) is 0. The Morgan fingerprint density at radius 2 is 1.89 bits per heavy atom. The zero-order chi connectivity index (χ0) is 20.7. The van der Waals surface area contributed by atoms with Gasteiger partial charge in [-0.1, -0.05) is 29.3 Å². The van der Waals surface area contributed by atoms with Crippen molar-refractivity contribution >= 4 is 46.2 Å². The van der Waals surface area contributed by atoms with E-state index < -0.39 is 5.91 Å². The molecule has 5 nitrogen and oxygen atoms in total. The molecule has 0 aliphatic carbocycles. The summed E-state index contributed by atoms with van der Waals surface area (Å²) in [6.07, 6.45) is 1.38. The highest BCUT2D eigenvalue weighted by molar-refractivity contribution is 6.44. The summed E-state index contributed by atoms with van der Waals surface area (Å²) in [6.45, 7) is 8.04. The molecule has 0 unspecified atom stereocenters. The van der Waals surface area contributed by atoms with Gasteiger partial charge in [0.15, 0.2) is 0 Å². The van der Waals surface area contributed by atoms with E-state index in [4.69, 9.17) is 23.2 Å². The van der Waals surface area contributed by atoms with Gasteiger partial charge in [-0.25, -0.2) is 0 Å². The van der Waals surface area contributed by atoms with Gasteiger partial charge >= 0.3 is 0 Å². The maximum absolute atomic E-state index is 12.4. The Morgan fingerprint density at radius 1 is 1.18 bits per heavy atom. The predicted octanol–water partition coefficient (Wildman–Crippen LogP) is 5.61. The van der Waals surface area contributed by atoms with Crippen LogP contribution in [0.3, 0.4) is 0 Å². The molecule has 146 valence electrons. The minimum Gasteiger partial charge on any atom is -0.372 e. The van der Waals surface area contributed by atoms with Crippen LogP contribution in [-0.2, 0) is 4.79 Å². The molecule has 1 amide bonds.